The summed E-state index contributed by atoms with van der Waals surface area (Å²) in [6.45, 7) is 9.85. The average molecular weight is 581 g/mol. The third-order valence-corrected chi connectivity index (χ3v) is 9.96. The van der Waals surface area contributed by atoms with Gasteiger partial charge in [-0.05, 0) is 95.3 Å². The molecule has 4 aliphatic rings. The lowest BCUT2D eigenvalue weighted by molar-refractivity contribution is -0.119. The van der Waals surface area contributed by atoms with E-state index in [1.165, 1.54) is 5.57 Å². The van der Waals surface area contributed by atoms with E-state index < -0.39 is 4.33 Å². The van der Waals surface area contributed by atoms with Crippen molar-refractivity contribution in [3.8, 4) is 0 Å². The van der Waals surface area contributed by atoms with Crippen LogP contribution in [0, 0.1) is 18.3 Å². The average Bonchev–Trinajstić information content (AvgIpc) is 3.46. The van der Waals surface area contributed by atoms with Crippen LogP contribution >= 0.6 is 34.8 Å². The number of carbonyl (C=O) groups excluding carboxylic acids is 1. The number of anilines is 1. The number of allylic oxidation sites excluding steroid dienone is 5. The van der Waals surface area contributed by atoms with Gasteiger partial charge in [-0.3, -0.25) is 4.79 Å². The van der Waals surface area contributed by atoms with Gasteiger partial charge in [0, 0.05) is 30.5 Å². The number of aryl methyl sites for hydroxylation is 1. The van der Waals surface area contributed by atoms with Crippen molar-refractivity contribution in [2.24, 2.45) is 11.3 Å². The van der Waals surface area contributed by atoms with Crippen molar-refractivity contribution in [3.05, 3.63) is 64.4 Å². The van der Waals surface area contributed by atoms with Gasteiger partial charge in [-0.15, -0.1) is 23.2 Å². The number of alkyl halides is 2. The molecule has 1 unspecified atom stereocenters. The van der Waals surface area contributed by atoms with Crippen molar-refractivity contribution in [1.82, 2.24) is 9.80 Å². The number of likely N-dealkylation sites (tertiary alicyclic amines) is 2. The predicted molar refractivity (Wildman–Crippen MR) is 159 cm³/mol. The Morgan fingerprint density at radius 3 is 2.34 bits per heavy atom. The number of halogens is 3. The largest absolute Gasteiger partial charge is 0.491 e. The van der Waals surface area contributed by atoms with Crippen LogP contribution in [0.5, 0.6) is 0 Å². The van der Waals surface area contributed by atoms with E-state index >= 15 is 0 Å². The molecule has 1 atom stereocenters. The fraction of sp³-hybridized carbons (Fsp3) is 0.567. The first-order chi connectivity index (χ1) is 18.1. The number of nitrogens with two attached hydrogens (primary N) is 1. The number of nitrogen functional groups attached to an aromatic ring is 1. The van der Waals surface area contributed by atoms with Gasteiger partial charge in [0.2, 0.25) is 6.41 Å². The Morgan fingerprint density at radius 1 is 1.08 bits per heavy atom. The van der Waals surface area contributed by atoms with E-state index in [0.717, 1.165) is 76.0 Å². The number of carbonyl (C=O) groups is 1. The number of piperidine rings is 2. The molecule has 2 aliphatic carbocycles. The van der Waals surface area contributed by atoms with E-state index in [1.54, 1.807) is 6.07 Å². The van der Waals surface area contributed by atoms with Gasteiger partial charge in [-0.25, -0.2) is 0 Å². The molecule has 0 bridgehead atoms. The van der Waals surface area contributed by atoms with Crippen LogP contribution in [0.1, 0.15) is 51.5 Å². The molecule has 1 saturated carbocycles. The predicted octanol–water partition coefficient (Wildman–Crippen LogP) is 6.92. The number of rotatable bonds is 5. The first-order valence-corrected chi connectivity index (χ1v) is 14.8. The summed E-state index contributed by atoms with van der Waals surface area (Å²) < 4.78 is 5.17. The minimum Gasteiger partial charge on any atom is -0.491 e. The van der Waals surface area contributed by atoms with E-state index in [0.29, 0.717) is 16.8 Å². The Kier molecular flexibility index (Phi) is 9.45. The molecule has 208 valence electrons. The first kappa shape index (κ1) is 29.3. The first-order valence-electron chi connectivity index (χ1n) is 13.7. The van der Waals surface area contributed by atoms with E-state index in [-0.39, 0.29) is 17.4 Å². The van der Waals surface area contributed by atoms with Crippen molar-refractivity contribution >= 4 is 46.9 Å². The molecule has 2 heterocycles. The fourth-order valence-electron chi connectivity index (χ4n) is 6.15. The second kappa shape index (κ2) is 12.2. The molecular formula is C30H40Cl3N3O2. The molecule has 2 N–H and O–H groups in total. The highest BCUT2D eigenvalue weighted by Crippen LogP contribution is 2.76. The number of amides is 1. The summed E-state index contributed by atoms with van der Waals surface area (Å²) in [6, 6.07) is 6.18. The second-order valence-corrected chi connectivity index (χ2v) is 12.9. The maximum absolute atomic E-state index is 11.0. The zero-order valence-corrected chi connectivity index (χ0v) is 24.9. The van der Waals surface area contributed by atoms with Crippen LogP contribution < -0.4 is 5.73 Å². The molecule has 0 radical (unpaired) electrons. The highest BCUT2D eigenvalue weighted by molar-refractivity contribution is 6.52. The topological polar surface area (TPSA) is 58.8 Å². The Labute approximate surface area is 242 Å². The van der Waals surface area contributed by atoms with Crippen LogP contribution in [0.4, 0.5) is 5.69 Å². The summed E-state index contributed by atoms with van der Waals surface area (Å²) in [5.41, 5.74) is 8.49. The molecule has 2 aliphatic heterocycles. The molecule has 1 spiro atoms. The monoisotopic (exact) mass is 579 g/mol. The molecule has 1 amide bonds. The Morgan fingerprint density at radius 2 is 1.76 bits per heavy atom. The van der Waals surface area contributed by atoms with Crippen LogP contribution in [0.15, 0.2) is 53.8 Å². The van der Waals surface area contributed by atoms with Crippen LogP contribution in [0.25, 0.3) is 0 Å². The molecule has 38 heavy (non-hydrogen) atoms. The third kappa shape index (κ3) is 6.22. The van der Waals surface area contributed by atoms with Crippen molar-refractivity contribution in [2.75, 3.05) is 31.9 Å². The van der Waals surface area contributed by atoms with Gasteiger partial charge in [0.15, 0.2) is 0 Å². The van der Waals surface area contributed by atoms with Crippen molar-refractivity contribution in [3.63, 3.8) is 0 Å². The third-order valence-electron chi connectivity index (χ3n) is 8.44. The number of ether oxygens (including phenoxy) is 1. The molecule has 1 aromatic carbocycles. The van der Waals surface area contributed by atoms with Gasteiger partial charge in [0.1, 0.15) is 10.1 Å². The summed E-state index contributed by atoms with van der Waals surface area (Å²) >= 11 is 19.5. The molecular weight excluding hydrogens is 541 g/mol. The summed E-state index contributed by atoms with van der Waals surface area (Å²) in [4.78, 5) is 15.4. The quantitative estimate of drug-likeness (QED) is 0.233. The van der Waals surface area contributed by atoms with E-state index in [4.69, 9.17) is 45.3 Å². The van der Waals surface area contributed by atoms with Crippen LogP contribution in [-0.2, 0) is 9.53 Å². The van der Waals surface area contributed by atoms with E-state index in [9.17, 15) is 4.79 Å². The minimum atomic E-state index is -0.681. The van der Waals surface area contributed by atoms with Crippen molar-refractivity contribution in [2.45, 2.75) is 69.4 Å². The van der Waals surface area contributed by atoms with Crippen molar-refractivity contribution in [1.29, 1.82) is 0 Å². The Hall–Kier alpha value is -1.66. The van der Waals surface area contributed by atoms with Crippen LogP contribution in [0.3, 0.4) is 0 Å². The van der Waals surface area contributed by atoms with Gasteiger partial charge in [-0.1, -0.05) is 35.9 Å². The molecule has 8 heteroatoms. The number of hydrogen-bond acceptors (Lipinski definition) is 4. The molecule has 2 saturated heterocycles. The molecule has 5 rings (SSSR count). The van der Waals surface area contributed by atoms with Gasteiger partial charge in [0.05, 0.1) is 16.8 Å². The second-order valence-electron chi connectivity index (χ2n) is 11.1. The van der Waals surface area contributed by atoms with Gasteiger partial charge >= 0.3 is 0 Å². The molecule has 3 fully saturated rings. The summed E-state index contributed by atoms with van der Waals surface area (Å²) in [5.74, 6) is 1.12. The van der Waals surface area contributed by atoms with Gasteiger partial charge in [0.25, 0.3) is 0 Å². The summed E-state index contributed by atoms with van der Waals surface area (Å²) in [6.07, 6.45) is 14.8. The number of hydrogen-bond donors (Lipinski definition) is 1. The SMILES string of the molecule is CC(C)OC1=CCC=C(C2C(Cl)(Cl)C23CCN(C2CCN(C=O)CC2)CC3)C=C1.Cc1cccc(Cl)c1N. The number of para-hydroxylation sites is 1. The standard InChI is InChI=1S/C23H32Cl2N2O2.C7H8ClN/c1-17(2)29-20-5-3-4-18(6-7-20)21-22(23(21,24)25)10-14-27(15-11-22)19-8-12-26(16-28)13-9-19;1-5-3-2-4-6(8)7(5)9/h4-7,16-17,19,21H,3,8-15H2,1-2H3;2-4H,9H2,1H3. The summed E-state index contributed by atoms with van der Waals surface area (Å²) in [5, 5.41) is 0.634. The van der Waals surface area contributed by atoms with E-state index in [1.807, 2.05) is 37.8 Å². The maximum Gasteiger partial charge on any atom is 0.209 e. The highest BCUT2D eigenvalue weighted by atomic mass is 35.5. The normalized spacial score (nSPS) is 24.7. The lowest BCUT2D eigenvalue weighted by Gasteiger charge is -2.41. The molecule has 5 nitrogen and oxygen atoms in total. The van der Waals surface area contributed by atoms with Crippen LogP contribution in [0.2, 0.25) is 5.02 Å². The van der Waals surface area contributed by atoms with Gasteiger partial charge < -0.3 is 20.3 Å². The smallest absolute Gasteiger partial charge is 0.209 e. The zero-order chi connectivity index (χ0) is 27.5. The highest BCUT2D eigenvalue weighted by Gasteiger charge is 2.76. The lowest BCUT2D eigenvalue weighted by Crippen LogP contribution is -2.48. The van der Waals surface area contributed by atoms with E-state index in [2.05, 4.69) is 29.2 Å². The Balaban J connectivity index is 0.000000317. The summed E-state index contributed by atoms with van der Waals surface area (Å²) in [7, 11) is 0. The Bertz CT molecular complexity index is 1060. The van der Waals surface area contributed by atoms with Crippen molar-refractivity contribution < 1.29 is 9.53 Å². The maximum atomic E-state index is 11.0. The zero-order valence-electron chi connectivity index (χ0n) is 22.6. The fourth-order valence-corrected chi connectivity index (χ4v) is 7.53. The number of benzene rings is 1. The minimum absolute atomic E-state index is 0.0182. The number of nitrogens with zero attached hydrogens (tertiary/aromatic N) is 2. The molecule has 0 aromatic heterocycles. The lowest BCUT2D eigenvalue weighted by atomic mass is 9.87. The molecule has 1 aromatic rings. The van der Waals surface area contributed by atoms with Gasteiger partial charge in [-0.2, -0.15) is 0 Å². The van der Waals surface area contributed by atoms with Crippen LogP contribution in [-0.4, -0.2) is 58.9 Å².